The van der Waals surface area contributed by atoms with E-state index in [1.807, 2.05) is 22.7 Å². The molecule has 2 rings (SSSR count). The lowest BCUT2D eigenvalue weighted by Gasteiger charge is -2.35. The number of aliphatic hydroxyl groups is 1. The predicted molar refractivity (Wildman–Crippen MR) is 89.0 cm³/mol. The van der Waals surface area contributed by atoms with Crippen molar-refractivity contribution in [3.8, 4) is 0 Å². The van der Waals surface area contributed by atoms with Crippen molar-refractivity contribution in [2.24, 2.45) is 13.0 Å². The summed E-state index contributed by atoms with van der Waals surface area (Å²) in [5.41, 5.74) is 0. The molecule has 0 aromatic carbocycles. The Morgan fingerprint density at radius 3 is 2.57 bits per heavy atom. The van der Waals surface area contributed by atoms with E-state index in [0.717, 1.165) is 45.0 Å². The topological polar surface area (TPSA) is 73.6 Å². The van der Waals surface area contributed by atoms with E-state index in [4.69, 9.17) is 5.11 Å². The lowest BCUT2D eigenvalue weighted by molar-refractivity contribution is 0.129. The summed E-state index contributed by atoms with van der Waals surface area (Å²) in [6.07, 6.45) is 4.45. The SMILES string of the molecule is CC(C)[C@@H](NC(=O)N1CCN(CCCO)CC1)c1nccn1C. The molecule has 1 saturated heterocycles. The molecule has 0 saturated carbocycles. The fourth-order valence-electron chi connectivity index (χ4n) is 2.90. The Morgan fingerprint density at radius 1 is 1.35 bits per heavy atom. The molecular weight excluding hydrogens is 294 g/mol. The first-order valence-electron chi connectivity index (χ1n) is 8.38. The van der Waals surface area contributed by atoms with Crippen LogP contribution in [0.25, 0.3) is 0 Å². The molecular formula is C16H29N5O2. The first-order valence-corrected chi connectivity index (χ1v) is 8.38. The van der Waals surface area contributed by atoms with E-state index in [0.29, 0.717) is 0 Å². The van der Waals surface area contributed by atoms with E-state index >= 15 is 0 Å². The van der Waals surface area contributed by atoms with Crippen LogP contribution in [0.1, 0.15) is 32.1 Å². The summed E-state index contributed by atoms with van der Waals surface area (Å²) in [6, 6.07) is -0.108. The number of rotatable bonds is 6. The van der Waals surface area contributed by atoms with Gasteiger partial charge in [0.05, 0.1) is 6.04 Å². The molecule has 2 amide bonds. The molecule has 7 nitrogen and oxygen atoms in total. The van der Waals surface area contributed by atoms with Crippen LogP contribution in [-0.2, 0) is 7.05 Å². The van der Waals surface area contributed by atoms with Gasteiger partial charge < -0.3 is 19.9 Å². The first kappa shape index (κ1) is 17.7. The minimum Gasteiger partial charge on any atom is -0.396 e. The number of hydrogen-bond acceptors (Lipinski definition) is 4. The van der Waals surface area contributed by atoms with Gasteiger partial charge in [0.2, 0.25) is 0 Å². The Kier molecular flexibility index (Phi) is 6.41. The summed E-state index contributed by atoms with van der Waals surface area (Å²) in [4.78, 5) is 21.1. The number of aliphatic hydroxyl groups excluding tert-OH is 1. The van der Waals surface area contributed by atoms with Crippen LogP contribution in [0.3, 0.4) is 0 Å². The molecule has 0 radical (unpaired) electrons. The Labute approximate surface area is 138 Å². The van der Waals surface area contributed by atoms with E-state index in [2.05, 4.69) is 29.0 Å². The molecule has 0 spiro atoms. The summed E-state index contributed by atoms with van der Waals surface area (Å²) in [5.74, 6) is 1.15. The molecule has 0 bridgehead atoms. The lowest BCUT2D eigenvalue weighted by Crippen LogP contribution is -2.53. The number of carbonyl (C=O) groups is 1. The monoisotopic (exact) mass is 323 g/mol. The second-order valence-corrected chi connectivity index (χ2v) is 6.47. The van der Waals surface area contributed by atoms with Crippen LogP contribution in [0.5, 0.6) is 0 Å². The maximum Gasteiger partial charge on any atom is 0.318 e. The summed E-state index contributed by atoms with van der Waals surface area (Å²) >= 11 is 0. The van der Waals surface area contributed by atoms with E-state index in [1.54, 1.807) is 6.20 Å². The third kappa shape index (κ3) is 4.68. The Bertz CT molecular complexity index is 494. The van der Waals surface area contributed by atoms with Gasteiger partial charge >= 0.3 is 6.03 Å². The minimum absolute atomic E-state index is 0.0199. The molecule has 2 heterocycles. The normalized spacial score (nSPS) is 17.5. The summed E-state index contributed by atoms with van der Waals surface area (Å²) < 4.78 is 1.96. The Morgan fingerprint density at radius 2 is 2.04 bits per heavy atom. The van der Waals surface area contributed by atoms with Gasteiger partial charge in [-0.25, -0.2) is 9.78 Å². The van der Waals surface area contributed by atoms with Crippen molar-refractivity contribution in [3.05, 3.63) is 18.2 Å². The van der Waals surface area contributed by atoms with Crippen LogP contribution in [0.4, 0.5) is 4.79 Å². The van der Waals surface area contributed by atoms with Crippen LogP contribution < -0.4 is 5.32 Å². The molecule has 1 aromatic rings. The van der Waals surface area contributed by atoms with Gasteiger partial charge in [0.15, 0.2) is 0 Å². The van der Waals surface area contributed by atoms with Gasteiger partial charge in [0.25, 0.3) is 0 Å². The fraction of sp³-hybridized carbons (Fsp3) is 0.750. The smallest absolute Gasteiger partial charge is 0.318 e. The lowest BCUT2D eigenvalue weighted by atomic mass is 10.0. The quantitative estimate of drug-likeness (QED) is 0.813. The number of nitrogens with zero attached hydrogens (tertiary/aromatic N) is 4. The third-order valence-corrected chi connectivity index (χ3v) is 4.37. The van der Waals surface area contributed by atoms with E-state index in [-0.39, 0.29) is 24.6 Å². The van der Waals surface area contributed by atoms with Crippen LogP contribution in [0, 0.1) is 5.92 Å². The van der Waals surface area contributed by atoms with Crippen LogP contribution in [0.2, 0.25) is 0 Å². The molecule has 0 aliphatic carbocycles. The number of amides is 2. The first-order chi connectivity index (χ1) is 11.0. The molecule has 7 heteroatoms. The number of aryl methyl sites for hydroxylation is 1. The molecule has 23 heavy (non-hydrogen) atoms. The van der Waals surface area contributed by atoms with Gasteiger partial charge in [0, 0.05) is 58.8 Å². The van der Waals surface area contributed by atoms with E-state index in [9.17, 15) is 4.79 Å². The average Bonchev–Trinajstić information content (AvgIpc) is 2.96. The highest BCUT2D eigenvalue weighted by Crippen LogP contribution is 2.20. The van der Waals surface area contributed by atoms with Gasteiger partial charge in [-0.3, -0.25) is 4.90 Å². The van der Waals surface area contributed by atoms with Crippen molar-refractivity contribution in [2.75, 3.05) is 39.3 Å². The zero-order valence-corrected chi connectivity index (χ0v) is 14.4. The van der Waals surface area contributed by atoms with Crippen molar-refractivity contribution >= 4 is 6.03 Å². The minimum atomic E-state index is -0.0880. The highest BCUT2D eigenvalue weighted by atomic mass is 16.3. The number of piperazine rings is 1. The van der Waals surface area contributed by atoms with E-state index in [1.165, 1.54) is 0 Å². The van der Waals surface area contributed by atoms with Crippen LogP contribution in [0.15, 0.2) is 12.4 Å². The standard InChI is InChI=1S/C16H29N5O2/c1-13(2)14(15-17-5-7-19(15)3)18-16(23)21-10-8-20(9-11-21)6-4-12-22/h5,7,13-14,22H,4,6,8-12H2,1-3H3,(H,18,23)/t14-/m1/s1. The number of urea groups is 1. The zero-order valence-electron chi connectivity index (χ0n) is 14.4. The zero-order chi connectivity index (χ0) is 16.8. The van der Waals surface area contributed by atoms with Gasteiger partial charge in [0.1, 0.15) is 5.82 Å². The summed E-state index contributed by atoms with van der Waals surface area (Å²) in [7, 11) is 1.95. The molecule has 1 aromatic heterocycles. The molecule has 1 aliphatic heterocycles. The van der Waals surface area contributed by atoms with Gasteiger partial charge in [-0.05, 0) is 12.3 Å². The fourth-order valence-corrected chi connectivity index (χ4v) is 2.90. The number of hydrogen-bond donors (Lipinski definition) is 2. The Hall–Kier alpha value is -1.60. The predicted octanol–water partition coefficient (Wildman–Crippen LogP) is 0.827. The molecule has 1 atom stereocenters. The van der Waals surface area contributed by atoms with Crippen molar-refractivity contribution in [3.63, 3.8) is 0 Å². The highest BCUT2D eigenvalue weighted by Gasteiger charge is 2.26. The molecule has 130 valence electrons. The van der Waals surface area contributed by atoms with Gasteiger partial charge in [-0.1, -0.05) is 13.8 Å². The second kappa shape index (κ2) is 8.31. The molecule has 2 N–H and O–H groups in total. The highest BCUT2D eigenvalue weighted by molar-refractivity contribution is 5.74. The third-order valence-electron chi connectivity index (χ3n) is 4.37. The summed E-state index contributed by atoms with van der Waals surface area (Å²) in [6.45, 7) is 8.48. The van der Waals surface area contributed by atoms with Crippen LogP contribution in [-0.4, -0.2) is 69.8 Å². The van der Waals surface area contributed by atoms with E-state index < -0.39 is 0 Å². The number of carbonyl (C=O) groups excluding carboxylic acids is 1. The molecule has 0 unspecified atom stereocenters. The molecule has 1 fully saturated rings. The maximum absolute atomic E-state index is 12.6. The van der Waals surface area contributed by atoms with Crippen molar-refractivity contribution in [1.29, 1.82) is 0 Å². The molecule has 1 aliphatic rings. The van der Waals surface area contributed by atoms with Crippen molar-refractivity contribution < 1.29 is 9.90 Å². The van der Waals surface area contributed by atoms with Crippen molar-refractivity contribution in [2.45, 2.75) is 26.3 Å². The number of nitrogens with one attached hydrogen (secondary N) is 1. The average molecular weight is 323 g/mol. The Balaban J connectivity index is 1.89. The largest absolute Gasteiger partial charge is 0.396 e. The second-order valence-electron chi connectivity index (χ2n) is 6.47. The van der Waals surface area contributed by atoms with Gasteiger partial charge in [-0.2, -0.15) is 0 Å². The van der Waals surface area contributed by atoms with Crippen LogP contribution >= 0.6 is 0 Å². The maximum atomic E-state index is 12.6. The van der Waals surface area contributed by atoms with Crippen molar-refractivity contribution in [1.82, 2.24) is 24.7 Å². The van der Waals surface area contributed by atoms with Gasteiger partial charge in [-0.15, -0.1) is 0 Å². The number of imidazole rings is 1. The summed E-state index contributed by atoms with van der Waals surface area (Å²) in [5, 5.41) is 12.0. The number of aromatic nitrogens is 2.